The normalized spacial score (nSPS) is 15.3. The molecule has 0 amide bonds. The lowest BCUT2D eigenvalue weighted by molar-refractivity contribution is -0.138. The lowest BCUT2D eigenvalue weighted by Crippen LogP contribution is -2.35. The summed E-state index contributed by atoms with van der Waals surface area (Å²) in [7, 11) is 0. The first-order valence-electron chi connectivity index (χ1n) is 7.27. The van der Waals surface area contributed by atoms with Gasteiger partial charge in [0.15, 0.2) is 5.16 Å². The molecule has 2 aromatic rings. The number of halogens is 3. The van der Waals surface area contributed by atoms with Crippen LogP contribution in [-0.4, -0.2) is 32.7 Å². The van der Waals surface area contributed by atoms with Crippen molar-refractivity contribution in [1.82, 2.24) is 19.9 Å². The fraction of sp³-hybridized carbons (Fsp3) is 0.400. The highest BCUT2D eigenvalue weighted by atomic mass is 32.2. The first-order valence-corrected chi connectivity index (χ1v) is 8.49. The number of hydrogen-bond donors (Lipinski definition) is 1. The third kappa shape index (κ3) is 3.46. The Balaban J connectivity index is 1.84. The van der Waals surface area contributed by atoms with Crippen molar-refractivity contribution in [3.8, 4) is 0 Å². The third-order valence-electron chi connectivity index (χ3n) is 3.92. The summed E-state index contributed by atoms with van der Waals surface area (Å²) in [6, 6.07) is 0.979. The van der Waals surface area contributed by atoms with E-state index in [4.69, 9.17) is 0 Å². The molecule has 1 N–H and O–H groups in total. The Hall–Kier alpha value is -1.87. The minimum absolute atomic E-state index is 0.0891. The van der Waals surface area contributed by atoms with Crippen molar-refractivity contribution in [2.24, 2.45) is 0 Å². The van der Waals surface area contributed by atoms with Crippen molar-refractivity contribution in [3.05, 3.63) is 51.2 Å². The van der Waals surface area contributed by atoms with Crippen LogP contribution in [0.5, 0.6) is 0 Å². The van der Waals surface area contributed by atoms with Crippen LogP contribution in [-0.2, 0) is 25.7 Å². The van der Waals surface area contributed by atoms with Gasteiger partial charge in [0.1, 0.15) is 0 Å². The number of thioether (sulfide) groups is 1. The molecule has 0 aliphatic carbocycles. The van der Waals surface area contributed by atoms with Gasteiger partial charge in [0.2, 0.25) is 0 Å². The van der Waals surface area contributed by atoms with Crippen LogP contribution in [0.15, 0.2) is 28.4 Å². The van der Waals surface area contributed by atoms with E-state index in [-0.39, 0.29) is 24.2 Å². The van der Waals surface area contributed by atoms with Crippen molar-refractivity contribution < 1.29 is 13.2 Å². The zero-order valence-electron chi connectivity index (χ0n) is 12.9. The van der Waals surface area contributed by atoms with Gasteiger partial charge in [0.25, 0.3) is 5.56 Å². The fourth-order valence-corrected chi connectivity index (χ4v) is 3.16. The van der Waals surface area contributed by atoms with E-state index in [9.17, 15) is 18.0 Å². The Kier molecular flexibility index (Phi) is 4.64. The summed E-state index contributed by atoms with van der Waals surface area (Å²) in [6.45, 7) is 0.911. The molecule has 3 heterocycles. The lowest BCUT2D eigenvalue weighted by atomic mass is 10.0. The molecule has 3 rings (SSSR count). The number of alkyl halides is 3. The molecule has 1 aliphatic heterocycles. The molecule has 0 fully saturated rings. The quantitative estimate of drug-likeness (QED) is 0.676. The number of hydrogen-bond acceptors (Lipinski definition) is 5. The molecular formula is C15H15F3N4OS. The molecule has 128 valence electrons. The molecular weight excluding hydrogens is 341 g/mol. The Morgan fingerprint density at radius 1 is 1.42 bits per heavy atom. The van der Waals surface area contributed by atoms with E-state index in [1.165, 1.54) is 18.0 Å². The highest BCUT2D eigenvalue weighted by molar-refractivity contribution is 7.98. The van der Waals surface area contributed by atoms with Crippen LogP contribution in [0.3, 0.4) is 0 Å². The predicted molar refractivity (Wildman–Crippen MR) is 83.7 cm³/mol. The highest BCUT2D eigenvalue weighted by Crippen LogP contribution is 2.32. The maximum atomic E-state index is 13.1. The Morgan fingerprint density at radius 3 is 2.92 bits per heavy atom. The van der Waals surface area contributed by atoms with Gasteiger partial charge in [0.05, 0.1) is 16.8 Å². The van der Waals surface area contributed by atoms with Gasteiger partial charge < -0.3 is 4.98 Å². The van der Waals surface area contributed by atoms with E-state index in [2.05, 4.69) is 15.0 Å². The number of pyridine rings is 1. The van der Waals surface area contributed by atoms with Crippen molar-refractivity contribution in [2.45, 2.75) is 30.8 Å². The summed E-state index contributed by atoms with van der Waals surface area (Å²) in [5.41, 5.74) is 0.445. The number of nitrogens with zero attached hydrogens (tertiary/aromatic N) is 3. The maximum Gasteiger partial charge on any atom is 0.416 e. The van der Waals surface area contributed by atoms with Gasteiger partial charge in [-0.3, -0.25) is 14.7 Å². The average molecular weight is 356 g/mol. The molecule has 0 saturated heterocycles. The number of rotatable bonds is 3. The molecule has 1 aliphatic rings. The van der Waals surface area contributed by atoms with Crippen LogP contribution in [0, 0.1) is 0 Å². The second-order valence-electron chi connectivity index (χ2n) is 5.49. The molecule has 0 bridgehead atoms. The van der Waals surface area contributed by atoms with E-state index in [0.29, 0.717) is 23.7 Å². The Labute approximate surface area is 140 Å². The van der Waals surface area contributed by atoms with E-state index in [0.717, 1.165) is 18.0 Å². The van der Waals surface area contributed by atoms with Gasteiger partial charge in [0, 0.05) is 38.4 Å². The second-order valence-corrected chi connectivity index (χ2v) is 6.29. The first-order chi connectivity index (χ1) is 11.4. The number of nitrogens with one attached hydrogen (secondary N) is 1. The van der Waals surface area contributed by atoms with Crippen LogP contribution in [0.1, 0.15) is 22.4 Å². The zero-order valence-corrected chi connectivity index (χ0v) is 13.7. The standard InChI is InChI=1S/C15H15F3N4OS/c1-24-14-20-12-3-5-22(8-10(12)13(23)21-14)7-9-6-19-4-2-11(9)15(16,17)18/h2,4,6H,3,5,7-8H2,1H3,(H,20,21,23). The molecule has 0 atom stereocenters. The summed E-state index contributed by atoms with van der Waals surface area (Å²) < 4.78 is 39.2. The van der Waals surface area contributed by atoms with E-state index in [1.807, 2.05) is 11.2 Å². The van der Waals surface area contributed by atoms with Crippen molar-refractivity contribution >= 4 is 11.8 Å². The molecule has 0 unspecified atom stereocenters. The molecule has 0 aromatic carbocycles. The molecule has 5 nitrogen and oxygen atoms in total. The second kappa shape index (κ2) is 6.56. The number of aromatic amines is 1. The minimum atomic E-state index is -4.42. The average Bonchev–Trinajstić information content (AvgIpc) is 2.54. The van der Waals surface area contributed by atoms with Gasteiger partial charge >= 0.3 is 6.18 Å². The van der Waals surface area contributed by atoms with Gasteiger partial charge in [-0.25, -0.2) is 4.98 Å². The molecule has 0 spiro atoms. The summed E-state index contributed by atoms with van der Waals surface area (Å²) in [5, 5.41) is 0.554. The highest BCUT2D eigenvalue weighted by Gasteiger charge is 2.34. The summed E-state index contributed by atoms with van der Waals surface area (Å²) in [5.74, 6) is 0. The molecule has 9 heteroatoms. The lowest BCUT2D eigenvalue weighted by Gasteiger charge is -2.28. The van der Waals surface area contributed by atoms with Gasteiger partial charge in [-0.05, 0) is 17.9 Å². The van der Waals surface area contributed by atoms with Crippen LogP contribution in [0.2, 0.25) is 0 Å². The van der Waals surface area contributed by atoms with Gasteiger partial charge in [-0.15, -0.1) is 0 Å². The monoisotopic (exact) mass is 356 g/mol. The van der Waals surface area contributed by atoms with Crippen molar-refractivity contribution in [2.75, 3.05) is 12.8 Å². The van der Waals surface area contributed by atoms with E-state index in [1.54, 1.807) is 0 Å². The fourth-order valence-electron chi connectivity index (χ4n) is 2.76. The third-order valence-corrected chi connectivity index (χ3v) is 4.50. The number of fused-ring (bicyclic) bond motifs is 1. The maximum absolute atomic E-state index is 13.1. The summed E-state index contributed by atoms with van der Waals surface area (Å²) in [6.07, 6.45) is 0.307. The molecule has 0 saturated carbocycles. The van der Waals surface area contributed by atoms with Crippen LogP contribution >= 0.6 is 11.8 Å². The Bertz CT molecular complexity index is 806. The summed E-state index contributed by atoms with van der Waals surface area (Å²) in [4.78, 5) is 24.8. The van der Waals surface area contributed by atoms with Crippen LogP contribution in [0.25, 0.3) is 0 Å². The predicted octanol–water partition coefficient (Wildman–Crippen LogP) is 2.46. The van der Waals surface area contributed by atoms with Crippen LogP contribution in [0.4, 0.5) is 13.2 Å². The van der Waals surface area contributed by atoms with E-state index < -0.39 is 11.7 Å². The molecule has 2 aromatic heterocycles. The topological polar surface area (TPSA) is 61.9 Å². The zero-order chi connectivity index (χ0) is 17.3. The van der Waals surface area contributed by atoms with Gasteiger partial charge in [-0.2, -0.15) is 13.2 Å². The van der Waals surface area contributed by atoms with E-state index >= 15 is 0 Å². The Morgan fingerprint density at radius 2 is 2.21 bits per heavy atom. The van der Waals surface area contributed by atoms with Crippen molar-refractivity contribution in [3.63, 3.8) is 0 Å². The SMILES string of the molecule is CSc1nc2c(c(=O)[nH]1)CN(Cc1cnccc1C(F)(F)F)CC2. The number of aromatic nitrogens is 3. The largest absolute Gasteiger partial charge is 0.416 e. The summed E-state index contributed by atoms with van der Waals surface area (Å²) >= 11 is 1.35. The number of H-pyrrole nitrogens is 1. The molecule has 24 heavy (non-hydrogen) atoms. The smallest absolute Gasteiger partial charge is 0.301 e. The van der Waals surface area contributed by atoms with Crippen LogP contribution < -0.4 is 5.56 Å². The van der Waals surface area contributed by atoms with Gasteiger partial charge in [-0.1, -0.05) is 11.8 Å². The first kappa shape index (κ1) is 17.0. The van der Waals surface area contributed by atoms with Crippen molar-refractivity contribution in [1.29, 1.82) is 0 Å². The molecule has 0 radical (unpaired) electrons. The minimum Gasteiger partial charge on any atom is -0.301 e.